The van der Waals surface area contributed by atoms with Crippen LogP contribution in [0.1, 0.15) is 15.9 Å². The average Bonchev–Trinajstić information content (AvgIpc) is 2.61. The summed E-state index contributed by atoms with van der Waals surface area (Å²) < 4.78 is 4.84. The zero-order chi connectivity index (χ0) is 18.2. The van der Waals surface area contributed by atoms with Crippen molar-refractivity contribution in [2.45, 2.75) is 6.42 Å². The van der Waals surface area contributed by atoms with Gasteiger partial charge in [0.05, 0.1) is 6.42 Å². The third-order valence-electron chi connectivity index (χ3n) is 3.07. The molecule has 0 bridgehead atoms. The van der Waals surface area contributed by atoms with E-state index in [1.807, 2.05) is 0 Å². The Kier molecular flexibility index (Phi) is 6.80. The fourth-order valence-electron chi connectivity index (χ4n) is 1.84. The van der Waals surface area contributed by atoms with Gasteiger partial charge in [0, 0.05) is 15.6 Å². The summed E-state index contributed by atoms with van der Waals surface area (Å²) in [6.07, 6.45) is -0.0976. The van der Waals surface area contributed by atoms with Gasteiger partial charge in [-0.15, -0.1) is 0 Å². The van der Waals surface area contributed by atoms with Gasteiger partial charge < -0.3 is 4.74 Å². The molecule has 8 heteroatoms. The zero-order valence-corrected chi connectivity index (χ0v) is 14.4. The van der Waals surface area contributed by atoms with Crippen LogP contribution in [-0.2, 0) is 20.7 Å². The van der Waals surface area contributed by atoms with Gasteiger partial charge in [0.1, 0.15) is 0 Å². The lowest BCUT2D eigenvalue weighted by molar-refractivity contribution is -0.148. The van der Waals surface area contributed by atoms with Gasteiger partial charge in [-0.3, -0.25) is 25.2 Å². The first-order chi connectivity index (χ1) is 12.0. The summed E-state index contributed by atoms with van der Waals surface area (Å²) in [5.74, 6) is -1.78. The maximum atomic E-state index is 11.7. The minimum absolute atomic E-state index is 0.0976. The van der Waals surface area contributed by atoms with E-state index in [1.54, 1.807) is 42.5 Å². The number of benzene rings is 2. The molecule has 0 saturated carbocycles. The third kappa shape index (κ3) is 6.10. The quantitative estimate of drug-likeness (QED) is 0.616. The molecule has 0 unspecified atom stereocenters. The number of hydrazine groups is 1. The van der Waals surface area contributed by atoms with Crippen molar-refractivity contribution in [1.29, 1.82) is 0 Å². The molecule has 0 atom stereocenters. The summed E-state index contributed by atoms with van der Waals surface area (Å²) in [6, 6.07) is 13.1. The van der Waals surface area contributed by atoms with Gasteiger partial charge in [-0.05, 0) is 29.8 Å². The van der Waals surface area contributed by atoms with Crippen molar-refractivity contribution in [2.24, 2.45) is 0 Å². The van der Waals surface area contributed by atoms with Crippen LogP contribution in [-0.4, -0.2) is 24.4 Å². The Morgan fingerprint density at radius 1 is 0.960 bits per heavy atom. The van der Waals surface area contributed by atoms with Crippen LogP contribution in [0.2, 0.25) is 10.0 Å². The molecule has 0 aliphatic heterocycles. The lowest BCUT2D eigenvalue weighted by Crippen LogP contribution is -2.43. The Morgan fingerprint density at radius 2 is 1.68 bits per heavy atom. The van der Waals surface area contributed by atoms with Crippen LogP contribution in [0.4, 0.5) is 0 Å². The molecule has 2 rings (SSSR count). The van der Waals surface area contributed by atoms with Crippen molar-refractivity contribution in [3.8, 4) is 0 Å². The third-order valence-corrected chi connectivity index (χ3v) is 3.65. The molecule has 25 heavy (non-hydrogen) atoms. The highest BCUT2D eigenvalue weighted by atomic mass is 35.5. The van der Waals surface area contributed by atoms with Gasteiger partial charge in [0.2, 0.25) is 0 Å². The van der Waals surface area contributed by atoms with Crippen molar-refractivity contribution < 1.29 is 19.1 Å². The second-order valence-electron chi connectivity index (χ2n) is 4.94. The molecule has 0 spiro atoms. The molecular weight excluding hydrogens is 367 g/mol. The number of hydrogen-bond acceptors (Lipinski definition) is 4. The topological polar surface area (TPSA) is 84.5 Å². The van der Waals surface area contributed by atoms with E-state index in [2.05, 4.69) is 10.9 Å². The van der Waals surface area contributed by atoms with E-state index in [1.165, 1.54) is 6.07 Å². The predicted octanol–water partition coefficient (Wildman–Crippen LogP) is 2.54. The molecule has 2 aromatic rings. The highest BCUT2D eigenvalue weighted by molar-refractivity contribution is 6.35. The van der Waals surface area contributed by atoms with Crippen molar-refractivity contribution >= 4 is 41.0 Å². The molecule has 0 saturated heterocycles. The first-order valence-electron chi connectivity index (χ1n) is 7.19. The van der Waals surface area contributed by atoms with Gasteiger partial charge >= 0.3 is 5.97 Å². The Hall–Kier alpha value is -2.57. The monoisotopic (exact) mass is 380 g/mol. The molecular formula is C17H14Cl2N2O4. The van der Waals surface area contributed by atoms with Gasteiger partial charge in [-0.2, -0.15) is 0 Å². The van der Waals surface area contributed by atoms with E-state index in [4.69, 9.17) is 27.9 Å². The number of halogens is 2. The number of carbonyl (C=O) groups excluding carboxylic acids is 3. The van der Waals surface area contributed by atoms with E-state index >= 15 is 0 Å². The molecule has 130 valence electrons. The van der Waals surface area contributed by atoms with Crippen molar-refractivity contribution in [1.82, 2.24) is 10.9 Å². The van der Waals surface area contributed by atoms with Gasteiger partial charge in [0.15, 0.2) is 6.61 Å². The maximum absolute atomic E-state index is 11.7. The number of rotatable bonds is 5. The second kappa shape index (κ2) is 9.05. The standard InChI is InChI=1S/C17H14Cl2N2O4/c18-13-7-6-12(14(19)9-13)8-16(23)25-10-15(22)20-21-17(24)11-4-2-1-3-5-11/h1-7,9H,8,10H2,(H,20,22)(H,21,24). The van der Waals surface area contributed by atoms with Crippen molar-refractivity contribution in [3.63, 3.8) is 0 Å². The fraction of sp³-hybridized carbons (Fsp3) is 0.118. The second-order valence-corrected chi connectivity index (χ2v) is 5.79. The van der Waals surface area contributed by atoms with Crippen LogP contribution in [0.5, 0.6) is 0 Å². The SMILES string of the molecule is O=C(COC(=O)Cc1ccc(Cl)cc1Cl)NNC(=O)c1ccccc1. The smallest absolute Gasteiger partial charge is 0.310 e. The molecule has 0 aromatic heterocycles. The summed E-state index contributed by atoms with van der Waals surface area (Å²) in [4.78, 5) is 35.1. The molecule has 0 fully saturated rings. The minimum atomic E-state index is -0.667. The lowest BCUT2D eigenvalue weighted by atomic mass is 10.1. The molecule has 6 nitrogen and oxygen atoms in total. The van der Waals surface area contributed by atoms with Gasteiger partial charge in [-0.25, -0.2) is 0 Å². The maximum Gasteiger partial charge on any atom is 0.310 e. The van der Waals surface area contributed by atoms with Crippen LogP contribution in [0, 0.1) is 0 Å². The molecule has 0 heterocycles. The summed E-state index contributed by atoms with van der Waals surface area (Å²) in [5.41, 5.74) is 5.30. The number of ether oxygens (including phenoxy) is 1. The van der Waals surface area contributed by atoms with E-state index in [-0.39, 0.29) is 6.42 Å². The van der Waals surface area contributed by atoms with E-state index in [9.17, 15) is 14.4 Å². The van der Waals surface area contributed by atoms with Crippen LogP contribution >= 0.6 is 23.2 Å². The predicted molar refractivity (Wildman–Crippen MR) is 93.2 cm³/mol. The molecule has 0 aliphatic carbocycles. The zero-order valence-electron chi connectivity index (χ0n) is 12.9. The summed E-state index contributed by atoms with van der Waals surface area (Å²) in [6.45, 7) is -0.529. The largest absolute Gasteiger partial charge is 0.455 e. The number of amides is 2. The molecule has 0 radical (unpaired) electrons. The summed E-state index contributed by atoms with van der Waals surface area (Å²) >= 11 is 11.7. The van der Waals surface area contributed by atoms with Crippen LogP contribution in [0.15, 0.2) is 48.5 Å². The van der Waals surface area contributed by atoms with E-state index in [0.717, 1.165) is 0 Å². The Balaban J connectivity index is 1.74. The summed E-state index contributed by atoms with van der Waals surface area (Å²) in [7, 11) is 0. The lowest BCUT2D eigenvalue weighted by Gasteiger charge is -2.08. The Morgan fingerprint density at radius 3 is 2.36 bits per heavy atom. The van der Waals surface area contributed by atoms with Crippen LogP contribution in [0.25, 0.3) is 0 Å². The highest BCUT2D eigenvalue weighted by Gasteiger charge is 2.12. The van der Waals surface area contributed by atoms with Gasteiger partial charge in [0.25, 0.3) is 11.8 Å². The van der Waals surface area contributed by atoms with E-state index < -0.39 is 24.4 Å². The van der Waals surface area contributed by atoms with Crippen molar-refractivity contribution in [2.75, 3.05) is 6.61 Å². The van der Waals surface area contributed by atoms with Crippen molar-refractivity contribution in [3.05, 3.63) is 69.7 Å². The van der Waals surface area contributed by atoms with Crippen LogP contribution < -0.4 is 10.9 Å². The normalized spacial score (nSPS) is 10.0. The first-order valence-corrected chi connectivity index (χ1v) is 7.95. The van der Waals surface area contributed by atoms with Crippen LogP contribution in [0.3, 0.4) is 0 Å². The first kappa shape index (κ1) is 18.8. The number of hydrogen-bond donors (Lipinski definition) is 2. The summed E-state index contributed by atoms with van der Waals surface area (Å²) in [5, 5.41) is 0.791. The number of nitrogens with one attached hydrogen (secondary N) is 2. The number of carbonyl (C=O) groups is 3. The highest BCUT2D eigenvalue weighted by Crippen LogP contribution is 2.21. The Labute approximate surface area is 154 Å². The molecule has 2 N–H and O–H groups in total. The Bertz CT molecular complexity index is 781. The molecule has 2 aromatic carbocycles. The number of esters is 1. The minimum Gasteiger partial charge on any atom is -0.455 e. The van der Waals surface area contributed by atoms with Gasteiger partial charge in [-0.1, -0.05) is 47.5 Å². The van der Waals surface area contributed by atoms with E-state index in [0.29, 0.717) is 21.2 Å². The molecule has 2 amide bonds. The molecule has 0 aliphatic rings. The fourth-order valence-corrected chi connectivity index (χ4v) is 2.32. The average molecular weight is 381 g/mol.